The lowest BCUT2D eigenvalue weighted by atomic mass is 9.68. The van der Waals surface area contributed by atoms with E-state index >= 15 is 0 Å². The number of nitrogens with zero attached hydrogens (tertiary/aromatic N) is 1. The Morgan fingerprint density at radius 2 is 1.81 bits per heavy atom. The molecule has 0 bridgehead atoms. The first kappa shape index (κ1) is 27.0. The number of halogens is 2. The summed E-state index contributed by atoms with van der Waals surface area (Å²) >= 11 is 0. The summed E-state index contributed by atoms with van der Waals surface area (Å²) in [5, 5.41) is 10.6. The van der Waals surface area contributed by atoms with Crippen molar-refractivity contribution in [2.45, 2.75) is 90.6 Å². The monoisotopic (exact) mass is 495 g/mol. The molecule has 1 aromatic carbocycles. The Labute approximate surface area is 216 Å². The van der Waals surface area contributed by atoms with Crippen molar-refractivity contribution in [1.29, 1.82) is 0 Å². The van der Waals surface area contributed by atoms with E-state index in [4.69, 9.17) is 4.98 Å². The lowest BCUT2D eigenvalue weighted by Crippen LogP contribution is -2.26. The zero-order valence-electron chi connectivity index (χ0n) is 22.3. The van der Waals surface area contributed by atoms with Crippen LogP contribution in [-0.2, 0) is 6.42 Å². The van der Waals surface area contributed by atoms with Gasteiger partial charge >= 0.3 is 0 Å². The Kier molecular flexibility index (Phi) is 9.33. The maximum Gasteiger partial charge on any atom is 0.0948 e. The maximum absolute atomic E-state index is 13.0. The molecule has 0 spiro atoms. The number of aromatic nitrogens is 1. The topological polar surface area (TPSA) is 33.1 Å². The third-order valence-electron chi connectivity index (χ3n) is 8.76. The fourth-order valence-electron chi connectivity index (χ4n) is 6.12. The normalized spacial score (nSPS) is 21.3. The van der Waals surface area contributed by atoms with Gasteiger partial charge in [-0.3, -0.25) is 13.8 Å². The third kappa shape index (κ3) is 5.74. The first-order chi connectivity index (χ1) is 17.5. The van der Waals surface area contributed by atoms with Crippen molar-refractivity contribution in [2.75, 3.05) is 13.3 Å². The van der Waals surface area contributed by atoms with Gasteiger partial charge in [0.1, 0.15) is 0 Å². The number of unbranched alkanes of at least 4 members (excludes halogenated alkanes) is 1. The zero-order chi connectivity index (χ0) is 25.7. The van der Waals surface area contributed by atoms with E-state index in [1.165, 1.54) is 52.8 Å². The van der Waals surface area contributed by atoms with Crippen molar-refractivity contribution in [2.24, 2.45) is 17.8 Å². The van der Waals surface area contributed by atoms with Crippen LogP contribution in [0.2, 0.25) is 0 Å². The van der Waals surface area contributed by atoms with Crippen molar-refractivity contribution in [3.05, 3.63) is 64.5 Å². The molecular weight excluding hydrogens is 452 g/mol. The highest BCUT2D eigenvalue weighted by atomic mass is 19.1. The summed E-state index contributed by atoms with van der Waals surface area (Å²) in [6.07, 6.45) is 10.6. The molecule has 2 aromatic rings. The van der Waals surface area contributed by atoms with Gasteiger partial charge in [-0.15, -0.1) is 0 Å². The predicted molar refractivity (Wildman–Crippen MR) is 145 cm³/mol. The molecule has 0 amide bonds. The minimum absolute atomic E-state index is 0.108. The van der Waals surface area contributed by atoms with E-state index in [0.29, 0.717) is 11.8 Å². The number of hydrogen-bond donors (Lipinski definition) is 1. The average Bonchev–Trinajstić information content (AvgIpc) is 2.99. The molecule has 0 radical (unpaired) electrons. The smallest absolute Gasteiger partial charge is 0.0948 e. The van der Waals surface area contributed by atoms with Crippen LogP contribution in [0.3, 0.4) is 0 Å². The Hall–Kier alpha value is -2.07. The fourth-order valence-corrected chi connectivity index (χ4v) is 6.12. The zero-order valence-corrected chi connectivity index (χ0v) is 22.3. The van der Waals surface area contributed by atoms with E-state index in [2.05, 4.69) is 45.2 Å². The summed E-state index contributed by atoms with van der Waals surface area (Å²) in [5.41, 5.74) is 8.68. The Morgan fingerprint density at radius 1 is 1.08 bits per heavy atom. The molecular formula is C32H43F2NO. The van der Waals surface area contributed by atoms with Crippen LogP contribution in [0.1, 0.15) is 112 Å². The molecule has 0 aliphatic heterocycles. The van der Waals surface area contributed by atoms with Gasteiger partial charge in [0.15, 0.2) is 0 Å². The van der Waals surface area contributed by atoms with Crippen LogP contribution in [0.25, 0.3) is 11.1 Å². The molecule has 0 saturated heterocycles. The molecule has 4 heteroatoms. The minimum Gasteiger partial charge on any atom is -0.388 e. The van der Waals surface area contributed by atoms with Crippen molar-refractivity contribution in [3.63, 3.8) is 0 Å². The van der Waals surface area contributed by atoms with Crippen molar-refractivity contribution in [3.8, 4) is 0 Å². The summed E-state index contributed by atoms with van der Waals surface area (Å²) in [6, 6.07) is 10.5. The molecule has 1 fully saturated rings. The number of pyridine rings is 1. The Morgan fingerprint density at radius 3 is 2.39 bits per heavy atom. The predicted octanol–water partition coefficient (Wildman–Crippen LogP) is 8.65. The molecule has 1 aromatic heterocycles. The van der Waals surface area contributed by atoms with E-state index in [9.17, 15) is 13.9 Å². The Balaban J connectivity index is 1.77. The molecule has 1 heterocycles. The second-order valence-electron chi connectivity index (χ2n) is 11.1. The van der Waals surface area contributed by atoms with Crippen LogP contribution >= 0.6 is 0 Å². The van der Waals surface area contributed by atoms with E-state index < -0.39 is 25.4 Å². The van der Waals surface area contributed by atoms with Crippen LogP contribution in [0.4, 0.5) is 8.78 Å². The number of alkyl halides is 2. The second kappa shape index (κ2) is 12.4. The lowest BCUT2D eigenvalue weighted by Gasteiger charge is -2.37. The van der Waals surface area contributed by atoms with Gasteiger partial charge in [-0.25, -0.2) is 0 Å². The van der Waals surface area contributed by atoms with Gasteiger partial charge < -0.3 is 5.11 Å². The number of rotatable bonds is 11. The largest absolute Gasteiger partial charge is 0.388 e. The maximum atomic E-state index is 13.0. The van der Waals surface area contributed by atoms with Gasteiger partial charge in [-0.1, -0.05) is 70.7 Å². The molecule has 2 aliphatic rings. The quantitative estimate of drug-likeness (QED) is 0.338. The highest BCUT2D eigenvalue weighted by Gasteiger charge is 2.37. The molecule has 2 nitrogen and oxygen atoms in total. The first-order valence-electron chi connectivity index (χ1n) is 14.1. The van der Waals surface area contributed by atoms with Crippen molar-refractivity contribution in [1.82, 2.24) is 4.98 Å². The lowest BCUT2D eigenvalue weighted by molar-refractivity contribution is 0.124. The van der Waals surface area contributed by atoms with E-state index in [1.807, 2.05) is 12.1 Å². The standard InChI is InChI=1S/C32H43F2NO/c1-4-6-10-27-29(25-11-13-26(14-12-25)31(36)16-23(18-33)19-34)17-28(24-8-7-9-24)21(3)32-30(27)15-22(5-2)20-35-32/h11-15,20-21,23-24,28,31,36H,4-10,16-19H2,1-3H3. The van der Waals surface area contributed by atoms with Gasteiger partial charge in [-0.05, 0) is 77.8 Å². The van der Waals surface area contributed by atoms with Gasteiger partial charge in [0.05, 0.1) is 25.1 Å². The molecule has 4 rings (SSSR count). The minimum atomic E-state index is -0.849. The van der Waals surface area contributed by atoms with Gasteiger partial charge in [0.2, 0.25) is 0 Å². The van der Waals surface area contributed by atoms with Gasteiger partial charge in [-0.2, -0.15) is 0 Å². The van der Waals surface area contributed by atoms with Crippen LogP contribution in [0.15, 0.2) is 36.5 Å². The third-order valence-corrected chi connectivity index (χ3v) is 8.76. The summed E-state index contributed by atoms with van der Waals surface area (Å²) in [7, 11) is 0. The summed E-state index contributed by atoms with van der Waals surface area (Å²) < 4.78 is 26.0. The molecule has 1 saturated carbocycles. The number of benzene rings is 1. The second-order valence-corrected chi connectivity index (χ2v) is 11.1. The van der Waals surface area contributed by atoms with Gasteiger partial charge in [0.25, 0.3) is 0 Å². The number of aliphatic hydroxyl groups excluding tert-OH is 1. The van der Waals surface area contributed by atoms with E-state index in [-0.39, 0.29) is 6.42 Å². The first-order valence-corrected chi connectivity index (χ1v) is 14.1. The number of fused-ring (bicyclic) bond motifs is 1. The summed E-state index contributed by atoms with van der Waals surface area (Å²) in [4.78, 5) is 5.06. The van der Waals surface area contributed by atoms with Crippen LogP contribution in [0.5, 0.6) is 0 Å². The number of allylic oxidation sites excluding steroid dienone is 2. The van der Waals surface area contributed by atoms with E-state index in [0.717, 1.165) is 43.6 Å². The van der Waals surface area contributed by atoms with Crippen LogP contribution in [-0.4, -0.2) is 23.4 Å². The summed E-state index contributed by atoms with van der Waals surface area (Å²) in [6.45, 7) is 5.33. The highest BCUT2D eigenvalue weighted by Crippen LogP contribution is 2.51. The SMILES string of the molecule is CCCCC1=C(c2ccc(C(O)CC(CF)CF)cc2)CC(C2CCC2)C(C)c2ncc(CC)cc21. The Bertz CT molecular complexity index is 1020. The van der Waals surface area contributed by atoms with E-state index in [1.54, 1.807) is 0 Å². The molecule has 196 valence electrons. The van der Waals surface area contributed by atoms with Crippen molar-refractivity contribution >= 4 is 11.1 Å². The molecule has 1 N–H and O–H groups in total. The number of hydrogen-bond acceptors (Lipinski definition) is 2. The van der Waals surface area contributed by atoms with Crippen molar-refractivity contribution < 1.29 is 13.9 Å². The molecule has 3 unspecified atom stereocenters. The van der Waals surface area contributed by atoms with Gasteiger partial charge in [0, 0.05) is 23.6 Å². The van der Waals surface area contributed by atoms with Crippen LogP contribution < -0.4 is 0 Å². The summed E-state index contributed by atoms with van der Waals surface area (Å²) in [5.74, 6) is 1.00. The molecule has 2 aliphatic carbocycles. The number of aliphatic hydroxyl groups is 1. The fraction of sp³-hybridized carbons (Fsp3) is 0.594. The van der Waals surface area contributed by atoms with Crippen LogP contribution in [0, 0.1) is 17.8 Å². The molecule has 36 heavy (non-hydrogen) atoms. The highest BCUT2D eigenvalue weighted by molar-refractivity contribution is 5.92. The number of aryl methyl sites for hydroxylation is 1. The average molecular weight is 496 g/mol. The molecule has 3 atom stereocenters.